The highest BCUT2D eigenvalue weighted by molar-refractivity contribution is 5.87. The standard InChI is InChI=1S/C12H16N2O2/c1-8(2)14-16-12(15)13-11-7-5-6-9(3)10(11)4/h5-7H,1-4H3,(H,13,15). The Kier molecular flexibility index (Phi) is 4.05. The van der Waals surface area contributed by atoms with Gasteiger partial charge >= 0.3 is 6.09 Å². The number of hydrogen-bond acceptors (Lipinski definition) is 3. The molecule has 16 heavy (non-hydrogen) atoms. The molecule has 0 unspecified atom stereocenters. The van der Waals surface area contributed by atoms with Gasteiger partial charge in [0.05, 0.1) is 5.71 Å². The lowest BCUT2D eigenvalue weighted by Crippen LogP contribution is -2.12. The van der Waals surface area contributed by atoms with Crippen LogP contribution in [0.25, 0.3) is 0 Å². The molecule has 1 rings (SSSR count). The normalized spacial score (nSPS) is 9.50. The molecule has 1 N–H and O–H groups in total. The molecule has 0 aliphatic rings. The predicted molar refractivity (Wildman–Crippen MR) is 64.8 cm³/mol. The van der Waals surface area contributed by atoms with E-state index in [4.69, 9.17) is 0 Å². The topological polar surface area (TPSA) is 50.7 Å². The molecule has 0 aromatic heterocycles. The third-order valence-corrected chi connectivity index (χ3v) is 2.15. The van der Waals surface area contributed by atoms with E-state index >= 15 is 0 Å². The van der Waals surface area contributed by atoms with Crippen molar-refractivity contribution in [2.75, 3.05) is 5.32 Å². The van der Waals surface area contributed by atoms with E-state index in [-0.39, 0.29) is 0 Å². The van der Waals surface area contributed by atoms with Gasteiger partial charge in [-0.05, 0) is 44.9 Å². The van der Waals surface area contributed by atoms with Crippen LogP contribution < -0.4 is 5.32 Å². The summed E-state index contributed by atoms with van der Waals surface area (Å²) in [6.07, 6.45) is -0.574. The molecular formula is C12H16N2O2. The SMILES string of the molecule is CC(C)=NOC(=O)Nc1cccc(C)c1C. The van der Waals surface area contributed by atoms with Crippen LogP contribution in [0.3, 0.4) is 0 Å². The largest absolute Gasteiger partial charge is 0.437 e. The minimum atomic E-state index is -0.574. The van der Waals surface area contributed by atoms with Crippen LogP contribution in [0.2, 0.25) is 0 Å². The Hall–Kier alpha value is -1.84. The second kappa shape index (κ2) is 5.30. The fraction of sp³-hybridized carbons (Fsp3) is 0.333. The van der Waals surface area contributed by atoms with Crippen molar-refractivity contribution in [1.82, 2.24) is 0 Å². The van der Waals surface area contributed by atoms with E-state index in [1.165, 1.54) is 0 Å². The lowest BCUT2D eigenvalue weighted by molar-refractivity contribution is 0.166. The first-order valence-corrected chi connectivity index (χ1v) is 5.06. The molecule has 0 aliphatic carbocycles. The van der Waals surface area contributed by atoms with Crippen molar-refractivity contribution in [3.8, 4) is 0 Å². The highest BCUT2D eigenvalue weighted by Crippen LogP contribution is 2.17. The number of oxime groups is 1. The number of carbonyl (C=O) groups excluding carboxylic acids is 1. The third-order valence-electron chi connectivity index (χ3n) is 2.15. The van der Waals surface area contributed by atoms with E-state index in [0.29, 0.717) is 5.71 Å². The molecule has 1 amide bonds. The van der Waals surface area contributed by atoms with Crippen molar-refractivity contribution in [1.29, 1.82) is 0 Å². The average molecular weight is 220 g/mol. The molecule has 86 valence electrons. The Morgan fingerprint density at radius 3 is 2.62 bits per heavy atom. The van der Waals surface area contributed by atoms with E-state index in [9.17, 15) is 4.79 Å². The Morgan fingerprint density at radius 2 is 2.00 bits per heavy atom. The van der Waals surface area contributed by atoms with Crippen LogP contribution in [0.15, 0.2) is 23.4 Å². The second-order valence-electron chi connectivity index (χ2n) is 3.79. The second-order valence-corrected chi connectivity index (χ2v) is 3.79. The lowest BCUT2D eigenvalue weighted by Gasteiger charge is -2.08. The summed E-state index contributed by atoms with van der Waals surface area (Å²) >= 11 is 0. The molecular weight excluding hydrogens is 204 g/mol. The summed E-state index contributed by atoms with van der Waals surface area (Å²) in [6, 6.07) is 5.69. The minimum absolute atomic E-state index is 0.574. The summed E-state index contributed by atoms with van der Waals surface area (Å²) in [7, 11) is 0. The van der Waals surface area contributed by atoms with Crippen molar-refractivity contribution < 1.29 is 9.63 Å². The molecule has 0 spiro atoms. The van der Waals surface area contributed by atoms with Crippen molar-refractivity contribution in [2.45, 2.75) is 27.7 Å². The van der Waals surface area contributed by atoms with Crippen LogP contribution in [0.5, 0.6) is 0 Å². The zero-order chi connectivity index (χ0) is 12.1. The Bertz CT molecular complexity index is 421. The number of hydrogen-bond donors (Lipinski definition) is 1. The zero-order valence-electron chi connectivity index (χ0n) is 10.00. The van der Waals surface area contributed by atoms with Crippen LogP contribution in [0.4, 0.5) is 10.5 Å². The van der Waals surface area contributed by atoms with Crippen molar-refractivity contribution in [3.05, 3.63) is 29.3 Å². The van der Waals surface area contributed by atoms with E-state index in [2.05, 4.69) is 15.3 Å². The lowest BCUT2D eigenvalue weighted by atomic mass is 10.1. The summed E-state index contributed by atoms with van der Waals surface area (Å²) in [5, 5.41) is 6.22. The summed E-state index contributed by atoms with van der Waals surface area (Å²) in [5.41, 5.74) is 3.58. The molecule has 4 heteroatoms. The monoisotopic (exact) mass is 220 g/mol. The summed E-state index contributed by atoms with van der Waals surface area (Å²) in [6.45, 7) is 7.44. The number of anilines is 1. The van der Waals surface area contributed by atoms with Gasteiger partial charge in [0.1, 0.15) is 0 Å². The molecule has 4 nitrogen and oxygen atoms in total. The number of rotatable bonds is 2. The number of carbonyl (C=O) groups is 1. The van der Waals surface area contributed by atoms with E-state index in [1.807, 2.05) is 32.0 Å². The van der Waals surface area contributed by atoms with Gasteiger partial charge in [-0.15, -0.1) is 0 Å². The molecule has 0 radical (unpaired) electrons. The summed E-state index contributed by atoms with van der Waals surface area (Å²) in [4.78, 5) is 16.0. The maximum atomic E-state index is 11.3. The molecule has 0 bridgehead atoms. The predicted octanol–water partition coefficient (Wildman–Crippen LogP) is 3.25. The molecule has 1 aromatic carbocycles. The van der Waals surface area contributed by atoms with Gasteiger partial charge < -0.3 is 0 Å². The quantitative estimate of drug-likeness (QED) is 0.472. The number of nitrogens with zero attached hydrogens (tertiary/aromatic N) is 1. The molecule has 0 fully saturated rings. The minimum Gasteiger partial charge on any atom is -0.298 e. The zero-order valence-corrected chi connectivity index (χ0v) is 10.00. The highest BCUT2D eigenvalue weighted by Gasteiger charge is 2.06. The first-order valence-electron chi connectivity index (χ1n) is 5.06. The number of amides is 1. The molecule has 0 saturated carbocycles. The first kappa shape index (κ1) is 12.2. The van der Waals surface area contributed by atoms with E-state index < -0.39 is 6.09 Å². The molecule has 0 heterocycles. The molecule has 0 saturated heterocycles. The van der Waals surface area contributed by atoms with Gasteiger partial charge in [-0.3, -0.25) is 10.2 Å². The summed E-state index contributed by atoms with van der Waals surface area (Å²) < 4.78 is 0. The maximum Gasteiger partial charge on any atom is 0.437 e. The number of nitrogens with one attached hydrogen (secondary N) is 1. The first-order chi connectivity index (χ1) is 7.50. The molecule has 0 aliphatic heterocycles. The fourth-order valence-electron chi connectivity index (χ4n) is 1.15. The number of aryl methyl sites for hydroxylation is 1. The molecule has 1 aromatic rings. The van der Waals surface area contributed by atoms with E-state index in [1.54, 1.807) is 13.8 Å². The van der Waals surface area contributed by atoms with Crippen molar-refractivity contribution >= 4 is 17.5 Å². The third kappa shape index (κ3) is 3.38. The fourth-order valence-corrected chi connectivity index (χ4v) is 1.15. The maximum absolute atomic E-state index is 11.3. The van der Waals surface area contributed by atoms with Gasteiger partial charge in [-0.2, -0.15) is 0 Å². The van der Waals surface area contributed by atoms with Crippen LogP contribution in [-0.2, 0) is 4.84 Å². The Balaban J connectivity index is 2.70. The van der Waals surface area contributed by atoms with Crippen molar-refractivity contribution in [2.24, 2.45) is 5.16 Å². The van der Waals surface area contributed by atoms with Gasteiger partial charge in [-0.25, -0.2) is 4.79 Å². The highest BCUT2D eigenvalue weighted by atomic mass is 16.7. The van der Waals surface area contributed by atoms with E-state index in [0.717, 1.165) is 16.8 Å². The average Bonchev–Trinajstić information content (AvgIpc) is 2.22. The Morgan fingerprint density at radius 1 is 1.31 bits per heavy atom. The van der Waals surface area contributed by atoms with Crippen molar-refractivity contribution in [3.63, 3.8) is 0 Å². The van der Waals surface area contributed by atoms with Gasteiger partial charge in [0.2, 0.25) is 0 Å². The van der Waals surface area contributed by atoms with Crippen LogP contribution in [0.1, 0.15) is 25.0 Å². The van der Waals surface area contributed by atoms with Gasteiger partial charge in [0, 0.05) is 5.69 Å². The smallest absolute Gasteiger partial charge is 0.298 e. The number of benzene rings is 1. The van der Waals surface area contributed by atoms with Crippen LogP contribution in [-0.4, -0.2) is 11.8 Å². The van der Waals surface area contributed by atoms with Gasteiger partial charge in [0.15, 0.2) is 0 Å². The summed E-state index contributed by atoms with van der Waals surface area (Å²) in [5.74, 6) is 0. The van der Waals surface area contributed by atoms with Crippen LogP contribution in [0, 0.1) is 13.8 Å². The molecule has 0 atom stereocenters. The Labute approximate surface area is 95.3 Å². The van der Waals surface area contributed by atoms with Gasteiger partial charge in [0.25, 0.3) is 0 Å². The van der Waals surface area contributed by atoms with Crippen LogP contribution >= 0.6 is 0 Å². The van der Waals surface area contributed by atoms with Gasteiger partial charge in [-0.1, -0.05) is 17.3 Å².